The standard InChI is InChI=1S/C21H29N3O2/c25-19(7-6-16-4-2-1-3-5-16)24-13-8-17(15-24)23-20(26)18-14-21(18)9-11-22-12-10-21/h1-5,17-18,22H,6-15H2,(H,23,26). The van der Waals surface area contributed by atoms with Crippen LogP contribution in [-0.4, -0.2) is 48.9 Å². The molecule has 1 aromatic rings. The minimum absolute atomic E-state index is 0.127. The Hall–Kier alpha value is -1.88. The van der Waals surface area contributed by atoms with Crippen molar-refractivity contribution in [1.29, 1.82) is 0 Å². The van der Waals surface area contributed by atoms with E-state index in [0.29, 0.717) is 13.0 Å². The van der Waals surface area contributed by atoms with E-state index in [1.165, 1.54) is 5.56 Å². The molecule has 26 heavy (non-hydrogen) atoms. The molecular weight excluding hydrogens is 326 g/mol. The molecule has 0 bridgehead atoms. The molecule has 1 spiro atoms. The lowest BCUT2D eigenvalue weighted by atomic mass is 9.91. The Bertz CT molecular complexity index is 654. The molecular formula is C21H29N3O2. The van der Waals surface area contributed by atoms with Crippen LogP contribution < -0.4 is 10.6 Å². The van der Waals surface area contributed by atoms with E-state index in [1.807, 2.05) is 23.1 Å². The fraction of sp³-hybridized carbons (Fsp3) is 0.619. The number of aryl methyl sites for hydroxylation is 1. The number of carbonyl (C=O) groups excluding carboxylic acids is 2. The van der Waals surface area contributed by atoms with Crippen LogP contribution in [0.25, 0.3) is 0 Å². The Labute approximate surface area is 155 Å². The third-order valence-electron chi connectivity index (χ3n) is 6.46. The maximum Gasteiger partial charge on any atom is 0.223 e. The maximum atomic E-state index is 12.6. The molecule has 0 radical (unpaired) electrons. The van der Waals surface area contributed by atoms with Gasteiger partial charge in [-0.05, 0) is 56.2 Å². The van der Waals surface area contributed by atoms with Crippen molar-refractivity contribution in [2.75, 3.05) is 26.2 Å². The SMILES string of the molecule is O=C(NC1CCN(C(=O)CCc2ccccc2)C1)C1CC12CCNCC2. The van der Waals surface area contributed by atoms with Crippen LogP contribution in [-0.2, 0) is 16.0 Å². The minimum atomic E-state index is 0.127. The Balaban J connectivity index is 1.21. The zero-order valence-electron chi connectivity index (χ0n) is 15.4. The topological polar surface area (TPSA) is 61.4 Å². The molecule has 2 N–H and O–H groups in total. The predicted octanol–water partition coefficient (Wildman–Crippen LogP) is 1.73. The summed E-state index contributed by atoms with van der Waals surface area (Å²) in [5, 5.41) is 6.60. The average molecular weight is 355 g/mol. The van der Waals surface area contributed by atoms with Gasteiger partial charge in [0.1, 0.15) is 0 Å². The molecule has 5 nitrogen and oxygen atoms in total. The van der Waals surface area contributed by atoms with Crippen LogP contribution >= 0.6 is 0 Å². The summed E-state index contributed by atoms with van der Waals surface area (Å²) in [5.41, 5.74) is 1.48. The van der Waals surface area contributed by atoms with E-state index in [1.54, 1.807) is 0 Å². The summed E-state index contributed by atoms with van der Waals surface area (Å²) in [4.78, 5) is 26.9. The predicted molar refractivity (Wildman–Crippen MR) is 101 cm³/mol. The van der Waals surface area contributed by atoms with Gasteiger partial charge in [0, 0.05) is 31.5 Å². The van der Waals surface area contributed by atoms with E-state index in [0.717, 1.165) is 51.7 Å². The number of nitrogens with one attached hydrogen (secondary N) is 2. The van der Waals surface area contributed by atoms with Crippen LogP contribution in [0.3, 0.4) is 0 Å². The Kier molecular flexibility index (Phi) is 4.98. The van der Waals surface area contributed by atoms with Gasteiger partial charge in [-0.15, -0.1) is 0 Å². The van der Waals surface area contributed by atoms with E-state index < -0.39 is 0 Å². The van der Waals surface area contributed by atoms with E-state index in [4.69, 9.17) is 0 Å². The van der Waals surface area contributed by atoms with Crippen molar-refractivity contribution in [1.82, 2.24) is 15.5 Å². The van der Waals surface area contributed by atoms with E-state index >= 15 is 0 Å². The van der Waals surface area contributed by atoms with Crippen LogP contribution in [0, 0.1) is 11.3 Å². The highest BCUT2D eigenvalue weighted by molar-refractivity contribution is 5.83. The largest absolute Gasteiger partial charge is 0.351 e. The second-order valence-corrected chi connectivity index (χ2v) is 8.19. The highest BCUT2D eigenvalue weighted by Crippen LogP contribution is 2.58. The van der Waals surface area contributed by atoms with Crippen LogP contribution in [0.1, 0.15) is 37.7 Å². The van der Waals surface area contributed by atoms with Gasteiger partial charge in [-0.1, -0.05) is 30.3 Å². The number of benzene rings is 1. The summed E-state index contributed by atoms with van der Waals surface area (Å²) in [7, 11) is 0. The van der Waals surface area contributed by atoms with Gasteiger partial charge in [-0.2, -0.15) is 0 Å². The lowest BCUT2D eigenvalue weighted by Gasteiger charge is -2.23. The van der Waals surface area contributed by atoms with Crippen molar-refractivity contribution in [3.63, 3.8) is 0 Å². The molecule has 0 aromatic heterocycles. The molecule has 3 fully saturated rings. The minimum Gasteiger partial charge on any atom is -0.351 e. The number of hydrogen-bond acceptors (Lipinski definition) is 3. The van der Waals surface area contributed by atoms with Gasteiger partial charge in [0.25, 0.3) is 0 Å². The van der Waals surface area contributed by atoms with Crippen LogP contribution in [0.15, 0.2) is 30.3 Å². The number of likely N-dealkylation sites (tertiary alicyclic amines) is 1. The van der Waals surface area contributed by atoms with Gasteiger partial charge in [-0.25, -0.2) is 0 Å². The first-order valence-electron chi connectivity index (χ1n) is 9.99. The Morgan fingerprint density at radius 2 is 1.96 bits per heavy atom. The summed E-state index contributed by atoms with van der Waals surface area (Å²) in [6, 6.07) is 10.3. The zero-order chi connectivity index (χ0) is 18.0. The number of hydrogen-bond donors (Lipinski definition) is 2. The van der Waals surface area contributed by atoms with Gasteiger partial charge < -0.3 is 15.5 Å². The first-order valence-corrected chi connectivity index (χ1v) is 9.99. The monoisotopic (exact) mass is 355 g/mol. The highest BCUT2D eigenvalue weighted by atomic mass is 16.2. The molecule has 2 aliphatic heterocycles. The average Bonchev–Trinajstić information content (AvgIpc) is 3.15. The van der Waals surface area contributed by atoms with Crippen molar-refractivity contribution in [2.45, 2.75) is 44.6 Å². The maximum absolute atomic E-state index is 12.6. The molecule has 2 amide bonds. The molecule has 2 saturated heterocycles. The molecule has 3 aliphatic rings. The molecule has 2 heterocycles. The number of rotatable bonds is 5. The fourth-order valence-corrected chi connectivity index (χ4v) is 4.66. The lowest BCUT2D eigenvalue weighted by Crippen LogP contribution is -2.40. The van der Waals surface area contributed by atoms with Crippen molar-refractivity contribution < 1.29 is 9.59 Å². The van der Waals surface area contributed by atoms with Crippen LogP contribution in [0.4, 0.5) is 0 Å². The normalized spacial score (nSPS) is 26.7. The Morgan fingerprint density at radius 1 is 1.19 bits per heavy atom. The lowest BCUT2D eigenvalue weighted by molar-refractivity contribution is -0.130. The fourth-order valence-electron chi connectivity index (χ4n) is 4.66. The third-order valence-corrected chi connectivity index (χ3v) is 6.46. The zero-order valence-corrected chi connectivity index (χ0v) is 15.4. The molecule has 1 saturated carbocycles. The van der Waals surface area contributed by atoms with E-state index in [9.17, 15) is 9.59 Å². The van der Waals surface area contributed by atoms with Crippen molar-refractivity contribution in [3.8, 4) is 0 Å². The van der Waals surface area contributed by atoms with Crippen molar-refractivity contribution in [2.24, 2.45) is 11.3 Å². The Morgan fingerprint density at radius 3 is 2.73 bits per heavy atom. The van der Waals surface area contributed by atoms with Crippen LogP contribution in [0.2, 0.25) is 0 Å². The highest BCUT2D eigenvalue weighted by Gasteiger charge is 2.57. The van der Waals surface area contributed by atoms with E-state index in [-0.39, 0.29) is 29.2 Å². The number of nitrogens with zero attached hydrogens (tertiary/aromatic N) is 1. The second-order valence-electron chi connectivity index (χ2n) is 8.19. The molecule has 2 unspecified atom stereocenters. The quantitative estimate of drug-likeness (QED) is 0.846. The summed E-state index contributed by atoms with van der Waals surface area (Å²) in [6.45, 7) is 3.51. The first kappa shape index (κ1) is 17.5. The summed E-state index contributed by atoms with van der Waals surface area (Å²) in [5.74, 6) is 0.620. The molecule has 1 aromatic carbocycles. The molecule has 140 valence electrons. The van der Waals surface area contributed by atoms with E-state index in [2.05, 4.69) is 22.8 Å². The second kappa shape index (κ2) is 7.39. The molecule has 1 aliphatic carbocycles. The molecule has 5 heteroatoms. The summed E-state index contributed by atoms with van der Waals surface area (Å²) in [6.07, 6.45) is 5.51. The first-order chi connectivity index (χ1) is 12.7. The van der Waals surface area contributed by atoms with Crippen molar-refractivity contribution in [3.05, 3.63) is 35.9 Å². The summed E-state index contributed by atoms with van der Waals surface area (Å²) < 4.78 is 0. The van der Waals surface area contributed by atoms with Gasteiger partial charge >= 0.3 is 0 Å². The van der Waals surface area contributed by atoms with Gasteiger partial charge in [0.2, 0.25) is 11.8 Å². The molecule has 2 atom stereocenters. The summed E-state index contributed by atoms with van der Waals surface area (Å²) >= 11 is 0. The molecule has 4 rings (SSSR count). The van der Waals surface area contributed by atoms with Gasteiger partial charge in [0.15, 0.2) is 0 Å². The van der Waals surface area contributed by atoms with Gasteiger partial charge in [0.05, 0.1) is 0 Å². The smallest absolute Gasteiger partial charge is 0.223 e. The number of piperidine rings is 1. The number of amides is 2. The third kappa shape index (κ3) is 3.78. The van der Waals surface area contributed by atoms with Gasteiger partial charge in [-0.3, -0.25) is 9.59 Å². The van der Waals surface area contributed by atoms with Crippen molar-refractivity contribution >= 4 is 11.8 Å². The van der Waals surface area contributed by atoms with Crippen LogP contribution in [0.5, 0.6) is 0 Å². The number of carbonyl (C=O) groups is 2.